The first-order chi connectivity index (χ1) is 10.6. The number of nitrogens with one attached hydrogen (secondary N) is 1. The molecule has 2 aromatic rings. The van der Waals surface area contributed by atoms with E-state index in [1.807, 2.05) is 0 Å². The number of pyridine rings is 1. The molecular weight excluding hydrogens is 357 g/mol. The zero-order valence-corrected chi connectivity index (χ0v) is 13.8. The first-order valence-electron chi connectivity index (χ1n) is 6.76. The van der Waals surface area contributed by atoms with Crippen molar-refractivity contribution >= 4 is 32.9 Å². The number of methoxy groups -OCH3 is 2. The average Bonchev–Trinajstić information content (AvgIpc) is 2.89. The van der Waals surface area contributed by atoms with Crippen molar-refractivity contribution < 1.29 is 18.7 Å². The number of rotatable bonds is 3. The van der Waals surface area contributed by atoms with Crippen LogP contribution in [0.4, 0.5) is 4.39 Å². The van der Waals surface area contributed by atoms with Gasteiger partial charge in [-0.15, -0.1) is 0 Å². The Labute approximate surface area is 134 Å². The van der Waals surface area contributed by atoms with E-state index in [-0.39, 0.29) is 22.9 Å². The fourth-order valence-electron chi connectivity index (χ4n) is 2.68. The lowest BCUT2D eigenvalue weighted by Crippen LogP contribution is -2.37. The van der Waals surface area contributed by atoms with E-state index in [0.29, 0.717) is 30.5 Å². The highest BCUT2D eigenvalue weighted by molar-refractivity contribution is 9.10. The molecule has 0 bridgehead atoms. The van der Waals surface area contributed by atoms with E-state index in [2.05, 4.69) is 25.9 Å². The third-order valence-corrected chi connectivity index (χ3v) is 4.46. The van der Waals surface area contributed by atoms with E-state index < -0.39 is 5.82 Å². The van der Waals surface area contributed by atoms with Gasteiger partial charge in [0.15, 0.2) is 5.82 Å². The monoisotopic (exact) mass is 371 g/mol. The second kappa shape index (κ2) is 5.85. The lowest BCUT2D eigenvalue weighted by atomic mass is 10.1. The zero-order valence-electron chi connectivity index (χ0n) is 12.2. The van der Waals surface area contributed by atoms with Gasteiger partial charge < -0.3 is 19.4 Å². The number of aromatic amines is 1. The van der Waals surface area contributed by atoms with Crippen molar-refractivity contribution in [1.82, 2.24) is 14.9 Å². The highest BCUT2D eigenvalue weighted by Crippen LogP contribution is 2.35. The van der Waals surface area contributed by atoms with E-state index in [1.54, 1.807) is 4.90 Å². The largest absolute Gasteiger partial charge is 0.480 e. The number of amides is 1. The molecule has 0 aliphatic carbocycles. The molecule has 0 aromatic carbocycles. The maximum Gasteiger partial charge on any atom is 0.248 e. The Hall–Kier alpha value is -1.67. The van der Waals surface area contributed by atoms with Crippen LogP contribution < -0.4 is 4.74 Å². The topological polar surface area (TPSA) is 67.5 Å². The molecule has 0 saturated heterocycles. The molecule has 22 heavy (non-hydrogen) atoms. The fourth-order valence-corrected chi connectivity index (χ4v) is 3.13. The molecule has 1 aliphatic rings. The van der Waals surface area contributed by atoms with Gasteiger partial charge in [-0.2, -0.15) is 0 Å². The van der Waals surface area contributed by atoms with Gasteiger partial charge in [-0.25, -0.2) is 9.37 Å². The van der Waals surface area contributed by atoms with E-state index >= 15 is 0 Å². The summed E-state index contributed by atoms with van der Waals surface area (Å²) in [6.45, 7) is 0.991. The summed E-state index contributed by atoms with van der Waals surface area (Å²) in [6.07, 6.45) is 0.626. The van der Waals surface area contributed by atoms with E-state index in [0.717, 1.165) is 11.3 Å². The van der Waals surface area contributed by atoms with Gasteiger partial charge >= 0.3 is 0 Å². The molecule has 0 radical (unpaired) electrons. The molecule has 2 aromatic heterocycles. The Morgan fingerprint density at radius 1 is 1.50 bits per heavy atom. The van der Waals surface area contributed by atoms with Crippen LogP contribution in [0.3, 0.4) is 0 Å². The highest BCUT2D eigenvalue weighted by Gasteiger charge is 2.27. The number of carbonyl (C=O) groups is 1. The van der Waals surface area contributed by atoms with E-state index in [1.165, 1.54) is 14.2 Å². The number of ether oxygens (including phenoxy) is 2. The second-order valence-electron chi connectivity index (χ2n) is 5.05. The molecule has 6 nitrogen and oxygen atoms in total. The van der Waals surface area contributed by atoms with Crippen molar-refractivity contribution in [3.8, 4) is 5.88 Å². The summed E-state index contributed by atoms with van der Waals surface area (Å²) in [6, 6.07) is 0. The third kappa shape index (κ3) is 2.36. The Morgan fingerprint density at radius 2 is 2.27 bits per heavy atom. The predicted octanol–water partition coefficient (Wildman–Crippen LogP) is 2.00. The number of H-pyrrole nitrogens is 1. The molecule has 118 valence electrons. The molecule has 3 rings (SSSR count). The smallest absolute Gasteiger partial charge is 0.248 e. The number of carbonyl (C=O) groups excluding carboxylic acids is 1. The van der Waals surface area contributed by atoms with Crippen LogP contribution in [0.2, 0.25) is 0 Å². The van der Waals surface area contributed by atoms with Gasteiger partial charge in [0, 0.05) is 37.9 Å². The molecule has 1 amide bonds. The third-order valence-electron chi connectivity index (χ3n) is 3.77. The summed E-state index contributed by atoms with van der Waals surface area (Å²) in [4.78, 5) is 21.1. The van der Waals surface area contributed by atoms with Crippen LogP contribution in [0.1, 0.15) is 11.3 Å². The molecule has 3 heterocycles. The minimum atomic E-state index is -0.439. The van der Waals surface area contributed by atoms with Gasteiger partial charge in [-0.1, -0.05) is 0 Å². The van der Waals surface area contributed by atoms with Gasteiger partial charge in [0.25, 0.3) is 0 Å². The second-order valence-corrected chi connectivity index (χ2v) is 5.85. The lowest BCUT2D eigenvalue weighted by molar-refractivity contribution is -0.136. The highest BCUT2D eigenvalue weighted by atomic mass is 79.9. The normalized spacial score (nSPS) is 14.3. The van der Waals surface area contributed by atoms with Gasteiger partial charge in [-0.05, 0) is 15.9 Å². The molecule has 0 fully saturated rings. The summed E-state index contributed by atoms with van der Waals surface area (Å²) in [5.41, 5.74) is 2.57. The van der Waals surface area contributed by atoms with Crippen LogP contribution in [0.25, 0.3) is 11.0 Å². The molecule has 0 spiro atoms. The Bertz CT molecular complexity index is 747. The maximum absolute atomic E-state index is 14.4. The number of fused-ring (bicyclic) bond motifs is 3. The summed E-state index contributed by atoms with van der Waals surface area (Å²) in [5.74, 6) is -0.342. The first kappa shape index (κ1) is 15.2. The predicted molar refractivity (Wildman–Crippen MR) is 81.3 cm³/mol. The standard InChI is InChI=1S/C14H15BrFN3O3/c1-21-6-9(20)19-4-3-8-7(5-19)12-13(17-8)11(16)10(15)14(18-12)22-2/h17H,3-6H2,1-2H3. The van der Waals surface area contributed by atoms with Crippen LogP contribution >= 0.6 is 15.9 Å². The quantitative estimate of drug-likeness (QED) is 0.895. The van der Waals surface area contributed by atoms with Crippen LogP contribution in [-0.2, 0) is 22.5 Å². The summed E-state index contributed by atoms with van der Waals surface area (Å²) in [5, 5.41) is 0. The van der Waals surface area contributed by atoms with Gasteiger partial charge in [0.2, 0.25) is 11.8 Å². The van der Waals surface area contributed by atoms with Crippen molar-refractivity contribution in [2.45, 2.75) is 13.0 Å². The van der Waals surface area contributed by atoms with Gasteiger partial charge in [0.05, 0.1) is 7.11 Å². The van der Waals surface area contributed by atoms with Crippen LogP contribution in [0.15, 0.2) is 4.47 Å². The van der Waals surface area contributed by atoms with Crippen molar-refractivity contribution in [1.29, 1.82) is 0 Å². The van der Waals surface area contributed by atoms with Crippen molar-refractivity contribution in [3.63, 3.8) is 0 Å². The van der Waals surface area contributed by atoms with Gasteiger partial charge in [-0.3, -0.25) is 4.79 Å². The Morgan fingerprint density at radius 3 is 2.95 bits per heavy atom. The molecule has 0 unspecified atom stereocenters. The number of nitrogens with zero attached hydrogens (tertiary/aromatic N) is 2. The number of halogens is 2. The maximum atomic E-state index is 14.4. The van der Waals surface area contributed by atoms with Gasteiger partial charge in [0.1, 0.15) is 22.1 Å². The van der Waals surface area contributed by atoms with Crippen LogP contribution in [-0.4, -0.2) is 48.1 Å². The minimum absolute atomic E-state index is 0.0361. The van der Waals surface area contributed by atoms with Crippen molar-refractivity contribution in [3.05, 3.63) is 21.5 Å². The zero-order chi connectivity index (χ0) is 15.9. The summed E-state index contributed by atoms with van der Waals surface area (Å²) >= 11 is 3.15. The number of hydrogen-bond donors (Lipinski definition) is 1. The Balaban J connectivity index is 2.06. The molecule has 0 atom stereocenters. The first-order valence-corrected chi connectivity index (χ1v) is 7.55. The van der Waals surface area contributed by atoms with E-state index in [9.17, 15) is 9.18 Å². The Kier molecular flexibility index (Phi) is 4.05. The summed E-state index contributed by atoms with van der Waals surface area (Å²) in [7, 11) is 2.92. The molecular formula is C14H15BrFN3O3. The van der Waals surface area contributed by atoms with E-state index in [4.69, 9.17) is 9.47 Å². The fraction of sp³-hybridized carbons (Fsp3) is 0.429. The van der Waals surface area contributed by atoms with Crippen LogP contribution in [0.5, 0.6) is 5.88 Å². The molecule has 0 saturated carbocycles. The minimum Gasteiger partial charge on any atom is -0.480 e. The van der Waals surface area contributed by atoms with Crippen molar-refractivity contribution in [2.75, 3.05) is 27.4 Å². The number of hydrogen-bond acceptors (Lipinski definition) is 4. The lowest BCUT2D eigenvalue weighted by Gasteiger charge is -2.26. The molecule has 1 aliphatic heterocycles. The average molecular weight is 372 g/mol. The van der Waals surface area contributed by atoms with Crippen LogP contribution in [0, 0.1) is 5.82 Å². The number of aromatic nitrogens is 2. The molecule has 1 N–H and O–H groups in total. The SMILES string of the molecule is COCC(=O)N1CCc2[nH]c3c(F)c(Br)c(OC)nc3c2C1. The summed E-state index contributed by atoms with van der Waals surface area (Å²) < 4.78 is 24.6. The molecule has 8 heteroatoms. The van der Waals surface area contributed by atoms with Crippen molar-refractivity contribution in [2.24, 2.45) is 0 Å².